The molecule has 0 aliphatic rings. The summed E-state index contributed by atoms with van der Waals surface area (Å²) in [4.78, 5) is 0. The van der Waals surface area contributed by atoms with Gasteiger partial charge in [-0.05, 0) is 19.4 Å². The quantitative estimate of drug-likeness (QED) is 0.382. The number of benzene rings is 3. The van der Waals surface area contributed by atoms with Crippen LogP contribution in [0, 0.1) is 19.9 Å². The summed E-state index contributed by atoms with van der Waals surface area (Å²) in [5, 5.41) is 0. The molecule has 0 fully saturated rings. The molecule has 25 heavy (non-hydrogen) atoms. The minimum atomic E-state index is 0. The first-order chi connectivity index (χ1) is 11.2. The minimum Gasteiger partial charge on any atom is -0.143 e. The van der Waals surface area contributed by atoms with E-state index < -0.39 is 0 Å². The van der Waals surface area contributed by atoms with Crippen LogP contribution in [-0.2, 0) is 65.4 Å². The number of allylic oxidation sites excluding steroid dienone is 1. The van der Waals surface area contributed by atoms with Crippen molar-refractivity contribution in [3.63, 3.8) is 0 Å². The van der Waals surface area contributed by atoms with Gasteiger partial charge in [-0.25, -0.2) is 0 Å². The van der Waals surface area contributed by atoms with E-state index in [-0.39, 0.29) is 65.4 Å². The fourth-order valence-electron chi connectivity index (χ4n) is 2.78. The average Bonchev–Trinajstić information content (AvgIpc) is 2.57. The van der Waals surface area contributed by atoms with Gasteiger partial charge in [0.15, 0.2) is 0 Å². The topological polar surface area (TPSA) is 0 Å². The summed E-state index contributed by atoms with van der Waals surface area (Å²) < 4.78 is 0. The van der Waals surface area contributed by atoms with Crippen molar-refractivity contribution in [2.45, 2.75) is 20.8 Å². The smallest absolute Gasteiger partial charge is 0 e. The number of hydrogen-bond donors (Lipinski definition) is 0. The van der Waals surface area contributed by atoms with Crippen LogP contribution in [0.2, 0.25) is 0 Å². The Kier molecular flexibility index (Phi) is 9.68. The van der Waals surface area contributed by atoms with Crippen LogP contribution in [-0.4, -0.2) is 0 Å². The van der Waals surface area contributed by atoms with Crippen molar-refractivity contribution in [1.29, 1.82) is 0 Å². The van der Waals surface area contributed by atoms with Gasteiger partial charge in [0.25, 0.3) is 0 Å². The molecule has 3 aromatic carbocycles. The predicted octanol–water partition coefficient (Wildman–Crippen LogP) is 6.47. The van der Waals surface area contributed by atoms with Crippen molar-refractivity contribution in [2.24, 2.45) is 0 Å². The molecule has 120 valence electrons. The maximum Gasteiger partial charge on any atom is 0 e. The number of hydrogen-bond acceptors (Lipinski definition) is 0. The van der Waals surface area contributed by atoms with Gasteiger partial charge in [0, 0.05) is 65.4 Å². The zero-order chi connectivity index (χ0) is 16.2. The normalized spacial score (nSPS) is 10.2. The van der Waals surface area contributed by atoms with Gasteiger partial charge >= 0.3 is 0 Å². The number of aryl methyl sites for hydroxylation is 2. The molecule has 0 bridgehead atoms. The van der Waals surface area contributed by atoms with Gasteiger partial charge in [-0.15, -0.1) is 29.3 Å². The van der Waals surface area contributed by atoms with Crippen molar-refractivity contribution in [2.75, 3.05) is 0 Å². The summed E-state index contributed by atoms with van der Waals surface area (Å²) in [7, 11) is 0. The van der Waals surface area contributed by atoms with Crippen LogP contribution in [0.5, 0.6) is 0 Å². The van der Waals surface area contributed by atoms with Crippen LogP contribution in [0.15, 0.2) is 66.7 Å². The molecular formula is C23H21Y2-. The second-order valence-electron chi connectivity index (χ2n) is 5.90. The van der Waals surface area contributed by atoms with Crippen LogP contribution < -0.4 is 0 Å². The van der Waals surface area contributed by atoms with E-state index in [2.05, 4.69) is 92.7 Å². The standard InChI is InChI=1S/C23H21.2Y/c1-4-5-19-8-12-21(13-9-19)23-15-14-22(16-18(23)3)20-10-6-17(2)7-11-20;;/h4-15H,1-3H3;;/q-1;;/b5-4+;;. The largest absolute Gasteiger partial charge is 0.143 e. The first kappa shape index (κ1) is 22.6. The Morgan fingerprint density at radius 1 is 0.720 bits per heavy atom. The van der Waals surface area contributed by atoms with Crippen molar-refractivity contribution in [3.05, 3.63) is 89.5 Å². The van der Waals surface area contributed by atoms with Crippen LogP contribution in [0.4, 0.5) is 0 Å². The summed E-state index contributed by atoms with van der Waals surface area (Å²) in [5.74, 6) is 0. The van der Waals surface area contributed by atoms with Gasteiger partial charge in [-0.2, -0.15) is 0 Å². The first-order valence-electron chi connectivity index (χ1n) is 8.00. The monoisotopic (exact) mass is 475 g/mol. The fourth-order valence-corrected chi connectivity index (χ4v) is 2.78. The molecule has 2 heteroatoms. The molecule has 0 heterocycles. The Morgan fingerprint density at radius 2 is 1.32 bits per heavy atom. The Hall–Kier alpha value is -0.392. The Labute approximate surface area is 201 Å². The summed E-state index contributed by atoms with van der Waals surface area (Å²) in [6, 6.07) is 25.2. The molecule has 0 nitrogen and oxygen atoms in total. The van der Waals surface area contributed by atoms with E-state index in [1.54, 1.807) is 0 Å². The van der Waals surface area contributed by atoms with E-state index in [0.29, 0.717) is 0 Å². The molecule has 0 aliphatic carbocycles. The molecule has 3 rings (SSSR count). The third-order valence-corrected chi connectivity index (χ3v) is 4.09. The zero-order valence-corrected chi connectivity index (χ0v) is 20.8. The zero-order valence-electron chi connectivity index (χ0n) is 15.1. The van der Waals surface area contributed by atoms with Gasteiger partial charge in [0.05, 0.1) is 0 Å². The van der Waals surface area contributed by atoms with Crippen molar-refractivity contribution in [3.8, 4) is 22.3 Å². The second-order valence-corrected chi connectivity index (χ2v) is 5.90. The van der Waals surface area contributed by atoms with E-state index in [1.807, 2.05) is 6.92 Å². The maximum atomic E-state index is 3.54. The van der Waals surface area contributed by atoms with Gasteiger partial charge in [-0.3, -0.25) is 0 Å². The second kappa shape index (κ2) is 10.7. The van der Waals surface area contributed by atoms with E-state index >= 15 is 0 Å². The molecule has 0 amide bonds. The average molecular weight is 475 g/mol. The minimum absolute atomic E-state index is 0. The predicted molar refractivity (Wildman–Crippen MR) is 100 cm³/mol. The SMILES string of the molecule is C/C=C/c1ccc(-c2ccc(-c3ccc(C)cc3)[c-]c2C)cc1.[Y].[Y]. The molecule has 0 spiro atoms. The van der Waals surface area contributed by atoms with E-state index in [0.717, 1.165) is 5.56 Å². The van der Waals surface area contributed by atoms with Crippen LogP contribution in [0.25, 0.3) is 28.3 Å². The van der Waals surface area contributed by atoms with Gasteiger partial charge in [0.2, 0.25) is 0 Å². The molecule has 3 aromatic rings. The van der Waals surface area contributed by atoms with Crippen LogP contribution in [0.3, 0.4) is 0 Å². The third-order valence-electron chi connectivity index (χ3n) is 4.09. The van der Waals surface area contributed by atoms with Gasteiger partial charge < -0.3 is 0 Å². The Bertz CT molecular complexity index is 829. The summed E-state index contributed by atoms with van der Waals surface area (Å²) in [6.45, 7) is 6.28. The molecular weight excluding hydrogens is 454 g/mol. The molecule has 0 atom stereocenters. The van der Waals surface area contributed by atoms with E-state index in [9.17, 15) is 0 Å². The molecule has 0 N–H and O–H groups in total. The van der Waals surface area contributed by atoms with Crippen molar-refractivity contribution >= 4 is 6.08 Å². The third kappa shape index (κ3) is 5.80. The Morgan fingerprint density at radius 3 is 1.88 bits per heavy atom. The molecule has 2 radical (unpaired) electrons. The van der Waals surface area contributed by atoms with Crippen LogP contribution in [0.1, 0.15) is 23.6 Å². The molecule has 0 saturated carbocycles. The van der Waals surface area contributed by atoms with Gasteiger partial charge in [-0.1, -0.05) is 89.9 Å². The molecule has 0 unspecified atom stereocenters. The number of rotatable bonds is 3. The molecule has 0 aromatic heterocycles. The molecule has 0 saturated heterocycles. The van der Waals surface area contributed by atoms with Crippen molar-refractivity contribution < 1.29 is 65.4 Å². The molecule has 0 aliphatic heterocycles. The first-order valence-corrected chi connectivity index (χ1v) is 8.00. The van der Waals surface area contributed by atoms with Gasteiger partial charge in [0.1, 0.15) is 0 Å². The summed E-state index contributed by atoms with van der Waals surface area (Å²) >= 11 is 0. The summed E-state index contributed by atoms with van der Waals surface area (Å²) in [5.41, 5.74) is 8.54. The fraction of sp³-hybridized carbons (Fsp3) is 0.130. The maximum absolute atomic E-state index is 3.54. The summed E-state index contributed by atoms with van der Waals surface area (Å²) in [6.07, 6.45) is 4.17. The van der Waals surface area contributed by atoms with E-state index in [1.165, 1.54) is 33.4 Å². The van der Waals surface area contributed by atoms with Crippen molar-refractivity contribution in [1.82, 2.24) is 0 Å². The van der Waals surface area contributed by atoms with E-state index in [4.69, 9.17) is 0 Å². The Balaban J connectivity index is 0.00000156. The van der Waals surface area contributed by atoms with Crippen LogP contribution >= 0.6 is 0 Å².